The summed E-state index contributed by atoms with van der Waals surface area (Å²) < 4.78 is 0. The summed E-state index contributed by atoms with van der Waals surface area (Å²) in [6.45, 7) is 7.96. The Morgan fingerprint density at radius 3 is 2.57 bits per heavy atom. The molecule has 1 atom stereocenters. The topological polar surface area (TPSA) is 29.3 Å². The van der Waals surface area contributed by atoms with E-state index in [1.807, 2.05) is 0 Å². The Balaban J connectivity index is 2.07. The molecule has 2 heteroatoms. The van der Waals surface area contributed by atoms with Crippen molar-refractivity contribution < 1.29 is 0 Å². The second kappa shape index (κ2) is 6.41. The number of nitrogens with zero attached hydrogens (tertiary/aromatic N) is 1. The van der Waals surface area contributed by atoms with E-state index in [-0.39, 0.29) is 0 Å². The first kappa shape index (κ1) is 12.0. The zero-order valence-corrected chi connectivity index (χ0v) is 9.84. The molecule has 0 bridgehead atoms. The van der Waals surface area contributed by atoms with Gasteiger partial charge in [0.25, 0.3) is 0 Å². The van der Waals surface area contributed by atoms with Gasteiger partial charge in [0, 0.05) is 6.04 Å². The van der Waals surface area contributed by atoms with Crippen LogP contribution in [0.15, 0.2) is 0 Å². The molecule has 1 fully saturated rings. The average Bonchev–Trinajstić information content (AvgIpc) is 2.99. The predicted molar refractivity (Wildman–Crippen MR) is 62.3 cm³/mol. The maximum Gasteiger partial charge on any atom is 0.00964 e. The molecule has 1 rings (SSSR count). The van der Waals surface area contributed by atoms with Crippen LogP contribution in [-0.4, -0.2) is 30.6 Å². The van der Waals surface area contributed by atoms with Gasteiger partial charge in [0.15, 0.2) is 0 Å². The lowest BCUT2D eigenvalue weighted by Crippen LogP contribution is -2.28. The number of nitrogens with two attached hydrogens (primary N) is 1. The van der Waals surface area contributed by atoms with Gasteiger partial charge in [-0.3, -0.25) is 0 Å². The van der Waals surface area contributed by atoms with Gasteiger partial charge < -0.3 is 10.6 Å². The van der Waals surface area contributed by atoms with Crippen molar-refractivity contribution in [3.63, 3.8) is 0 Å². The van der Waals surface area contributed by atoms with Gasteiger partial charge in [-0.2, -0.15) is 0 Å². The third-order valence-corrected chi connectivity index (χ3v) is 3.12. The van der Waals surface area contributed by atoms with Gasteiger partial charge in [0.05, 0.1) is 0 Å². The summed E-state index contributed by atoms with van der Waals surface area (Å²) >= 11 is 0. The third kappa shape index (κ3) is 4.43. The molecule has 0 heterocycles. The van der Waals surface area contributed by atoms with E-state index >= 15 is 0 Å². The maximum absolute atomic E-state index is 5.61. The molecule has 84 valence electrons. The minimum Gasteiger partial charge on any atom is -0.330 e. The van der Waals surface area contributed by atoms with E-state index in [9.17, 15) is 0 Å². The highest BCUT2D eigenvalue weighted by atomic mass is 15.2. The Labute approximate surface area is 88.8 Å². The van der Waals surface area contributed by atoms with Crippen LogP contribution in [0.25, 0.3) is 0 Å². The van der Waals surface area contributed by atoms with E-state index in [0.717, 1.165) is 12.6 Å². The lowest BCUT2D eigenvalue weighted by Gasteiger charge is -2.21. The Hall–Kier alpha value is -0.0800. The van der Waals surface area contributed by atoms with Crippen LogP contribution < -0.4 is 5.73 Å². The number of hydrogen-bond donors (Lipinski definition) is 1. The van der Waals surface area contributed by atoms with Crippen LogP contribution in [0.3, 0.4) is 0 Å². The molecule has 1 unspecified atom stereocenters. The molecule has 0 spiro atoms. The van der Waals surface area contributed by atoms with Crippen molar-refractivity contribution in [2.75, 3.05) is 19.6 Å². The van der Waals surface area contributed by atoms with Crippen molar-refractivity contribution in [2.24, 2.45) is 11.7 Å². The second-order valence-corrected chi connectivity index (χ2v) is 4.75. The standard InChI is InChI=1S/C12H26N2/c1-3-8-14(12-6-7-12)9-4-5-11(2)10-13/h11-12H,3-10,13H2,1-2H3. The van der Waals surface area contributed by atoms with Crippen molar-refractivity contribution >= 4 is 0 Å². The molecule has 0 saturated heterocycles. The quantitative estimate of drug-likeness (QED) is 0.648. The first-order valence-electron chi connectivity index (χ1n) is 6.22. The maximum atomic E-state index is 5.61. The van der Waals surface area contributed by atoms with Gasteiger partial charge in [-0.1, -0.05) is 13.8 Å². The van der Waals surface area contributed by atoms with E-state index in [1.165, 1.54) is 45.2 Å². The highest BCUT2D eigenvalue weighted by molar-refractivity contribution is 4.84. The lowest BCUT2D eigenvalue weighted by molar-refractivity contribution is 0.253. The van der Waals surface area contributed by atoms with Crippen molar-refractivity contribution in [2.45, 2.75) is 52.0 Å². The van der Waals surface area contributed by atoms with Crippen LogP contribution in [0.2, 0.25) is 0 Å². The van der Waals surface area contributed by atoms with Crippen LogP contribution >= 0.6 is 0 Å². The Kier molecular flexibility index (Phi) is 5.49. The molecule has 1 aliphatic rings. The average molecular weight is 198 g/mol. The van der Waals surface area contributed by atoms with E-state index in [1.54, 1.807) is 0 Å². The summed E-state index contributed by atoms with van der Waals surface area (Å²) in [5.41, 5.74) is 5.61. The van der Waals surface area contributed by atoms with E-state index < -0.39 is 0 Å². The molecule has 14 heavy (non-hydrogen) atoms. The molecule has 0 radical (unpaired) electrons. The highest BCUT2D eigenvalue weighted by Crippen LogP contribution is 2.27. The smallest absolute Gasteiger partial charge is 0.00964 e. The van der Waals surface area contributed by atoms with Crippen molar-refractivity contribution in [1.82, 2.24) is 4.90 Å². The van der Waals surface area contributed by atoms with Gasteiger partial charge in [-0.15, -0.1) is 0 Å². The highest BCUT2D eigenvalue weighted by Gasteiger charge is 2.27. The molecule has 0 amide bonds. The van der Waals surface area contributed by atoms with Crippen molar-refractivity contribution in [3.05, 3.63) is 0 Å². The molecular formula is C12H26N2. The van der Waals surface area contributed by atoms with Crippen molar-refractivity contribution in [3.8, 4) is 0 Å². The summed E-state index contributed by atoms with van der Waals surface area (Å²) in [6, 6.07) is 0.933. The molecule has 0 aromatic carbocycles. The minimum atomic E-state index is 0.706. The number of hydrogen-bond acceptors (Lipinski definition) is 2. The van der Waals surface area contributed by atoms with Crippen LogP contribution in [0, 0.1) is 5.92 Å². The van der Waals surface area contributed by atoms with E-state index in [2.05, 4.69) is 18.7 Å². The van der Waals surface area contributed by atoms with Gasteiger partial charge in [0.1, 0.15) is 0 Å². The van der Waals surface area contributed by atoms with Gasteiger partial charge >= 0.3 is 0 Å². The predicted octanol–water partition coefficient (Wildman–Crippen LogP) is 2.24. The fraction of sp³-hybridized carbons (Fsp3) is 1.00. The van der Waals surface area contributed by atoms with E-state index in [4.69, 9.17) is 5.73 Å². The first-order chi connectivity index (χ1) is 6.77. The Bertz CT molecular complexity index is 143. The first-order valence-corrected chi connectivity index (χ1v) is 6.22. The molecule has 2 N–H and O–H groups in total. The normalized spacial score (nSPS) is 18.9. The molecule has 0 aromatic rings. The van der Waals surface area contributed by atoms with E-state index in [0.29, 0.717) is 5.92 Å². The fourth-order valence-corrected chi connectivity index (χ4v) is 1.96. The van der Waals surface area contributed by atoms with Crippen LogP contribution in [0.1, 0.15) is 46.0 Å². The molecule has 1 saturated carbocycles. The Morgan fingerprint density at radius 1 is 1.36 bits per heavy atom. The Morgan fingerprint density at radius 2 is 2.07 bits per heavy atom. The van der Waals surface area contributed by atoms with Gasteiger partial charge in [-0.05, 0) is 57.7 Å². The minimum absolute atomic E-state index is 0.706. The summed E-state index contributed by atoms with van der Waals surface area (Å²) in [5.74, 6) is 0.706. The van der Waals surface area contributed by atoms with Gasteiger partial charge in [0.2, 0.25) is 0 Å². The fourth-order valence-electron chi connectivity index (χ4n) is 1.96. The third-order valence-electron chi connectivity index (χ3n) is 3.12. The summed E-state index contributed by atoms with van der Waals surface area (Å²) in [5, 5.41) is 0. The largest absolute Gasteiger partial charge is 0.330 e. The van der Waals surface area contributed by atoms with Crippen LogP contribution in [0.4, 0.5) is 0 Å². The molecule has 0 aliphatic heterocycles. The summed E-state index contributed by atoms with van der Waals surface area (Å²) in [7, 11) is 0. The van der Waals surface area contributed by atoms with Crippen LogP contribution in [0.5, 0.6) is 0 Å². The zero-order valence-electron chi connectivity index (χ0n) is 9.84. The second-order valence-electron chi connectivity index (χ2n) is 4.75. The molecule has 2 nitrogen and oxygen atoms in total. The SMILES string of the molecule is CCCN(CCCC(C)CN)C1CC1. The summed E-state index contributed by atoms with van der Waals surface area (Å²) in [6.07, 6.45) is 6.79. The number of rotatable bonds is 8. The molecule has 1 aliphatic carbocycles. The molecular weight excluding hydrogens is 172 g/mol. The lowest BCUT2D eigenvalue weighted by atomic mass is 10.1. The van der Waals surface area contributed by atoms with Crippen LogP contribution in [-0.2, 0) is 0 Å². The molecule has 0 aromatic heterocycles. The van der Waals surface area contributed by atoms with Crippen molar-refractivity contribution in [1.29, 1.82) is 0 Å². The zero-order chi connectivity index (χ0) is 10.4. The van der Waals surface area contributed by atoms with Gasteiger partial charge in [-0.25, -0.2) is 0 Å². The summed E-state index contributed by atoms with van der Waals surface area (Å²) in [4.78, 5) is 2.67. The monoisotopic (exact) mass is 198 g/mol.